The third-order valence-electron chi connectivity index (χ3n) is 14.0. The van der Waals surface area contributed by atoms with Crippen molar-refractivity contribution in [3.05, 3.63) is 97.2 Å². The molecule has 0 saturated heterocycles. The van der Waals surface area contributed by atoms with Gasteiger partial charge in [0.2, 0.25) is 0 Å². The van der Waals surface area contributed by atoms with Crippen molar-refractivity contribution >= 4 is 25.7 Å². The summed E-state index contributed by atoms with van der Waals surface area (Å²) in [4.78, 5) is 48.8. The smallest absolute Gasteiger partial charge is 0.462 e. The molecule has 0 aliphatic carbocycles. The molecular formula is C70H121O11P. The first-order valence-corrected chi connectivity index (χ1v) is 34.6. The van der Waals surface area contributed by atoms with Gasteiger partial charge in [-0.1, -0.05) is 246 Å². The quantitative estimate of drug-likeness (QED) is 0.0197. The van der Waals surface area contributed by atoms with Crippen LogP contribution in [0.5, 0.6) is 0 Å². The maximum atomic E-state index is 13.0. The number of allylic oxidation sites excluding steroid dienone is 16. The van der Waals surface area contributed by atoms with Gasteiger partial charge in [-0.15, -0.1) is 0 Å². The van der Waals surface area contributed by atoms with Gasteiger partial charge in [0.1, 0.15) is 12.7 Å². The lowest BCUT2D eigenvalue weighted by atomic mass is 10.1. The molecule has 0 aliphatic rings. The van der Waals surface area contributed by atoms with Crippen LogP contribution in [0.4, 0.5) is 0 Å². The van der Waals surface area contributed by atoms with E-state index < -0.39 is 57.8 Å². The number of hydrogen-bond donors (Lipinski definition) is 2. The molecule has 0 bridgehead atoms. The van der Waals surface area contributed by atoms with Crippen LogP contribution in [0, 0.1) is 0 Å². The van der Waals surface area contributed by atoms with E-state index in [0.717, 1.165) is 135 Å². The summed E-state index contributed by atoms with van der Waals surface area (Å²) in [5.41, 5.74) is 0. The molecule has 0 aromatic heterocycles. The second-order valence-electron chi connectivity index (χ2n) is 21.9. The van der Waals surface area contributed by atoms with Crippen LogP contribution in [0.2, 0.25) is 0 Å². The lowest BCUT2D eigenvalue weighted by Gasteiger charge is -2.21. The SMILES string of the molecule is CC/C=C\C/C=C\C/C=C\CCCCCCCCCC(=O)OCC(COP(=O)(O)OCC(CO)OC(=O)CCCCCCCCCCC/C=C\C/C=C\CCCCC)OC(=O)CCCCCCCC/C=C\C/C=C\C/C=C\CCCCC. The van der Waals surface area contributed by atoms with Crippen molar-refractivity contribution in [1.82, 2.24) is 0 Å². The van der Waals surface area contributed by atoms with Gasteiger partial charge >= 0.3 is 25.7 Å². The summed E-state index contributed by atoms with van der Waals surface area (Å²) in [6.07, 6.45) is 76.3. The van der Waals surface area contributed by atoms with Gasteiger partial charge in [0.15, 0.2) is 6.10 Å². The van der Waals surface area contributed by atoms with E-state index in [9.17, 15) is 28.9 Å². The monoisotopic (exact) mass is 1170 g/mol. The zero-order valence-corrected chi connectivity index (χ0v) is 53.3. The van der Waals surface area contributed by atoms with E-state index in [4.69, 9.17) is 23.3 Å². The van der Waals surface area contributed by atoms with E-state index in [2.05, 4.69) is 118 Å². The largest absolute Gasteiger partial charge is 0.472 e. The molecule has 0 aliphatic heterocycles. The van der Waals surface area contributed by atoms with Gasteiger partial charge < -0.3 is 24.2 Å². The number of carbonyl (C=O) groups is 3. The molecule has 0 saturated carbocycles. The predicted molar refractivity (Wildman–Crippen MR) is 344 cm³/mol. The summed E-state index contributed by atoms with van der Waals surface area (Å²) < 4.78 is 39.7. The van der Waals surface area contributed by atoms with E-state index in [1.54, 1.807) is 0 Å². The maximum absolute atomic E-state index is 13.0. The summed E-state index contributed by atoms with van der Waals surface area (Å²) in [6.45, 7) is 4.49. The third kappa shape index (κ3) is 61.0. The minimum atomic E-state index is -4.77. The molecule has 0 aromatic carbocycles. The van der Waals surface area contributed by atoms with Crippen LogP contribution < -0.4 is 0 Å². The molecule has 12 heteroatoms. The minimum absolute atomic E-state index is 0.147. The lowest BCUT2D eigenvalue weighted by molar-refractivity contribution is -0.161. The summed E-state index contributed by atoms with van der Waals surface area (Å²) >= 11 is 0. The number of carbonyl (C=O) groups excluding carboxylic acids is 3. The zero-order chi connectivity index (χ0) is 59.8. The molecule has 2 N–H and O–H groups in total. The fourth-order valence-corrected chi connectivity index (χ4v) is 9.72. The summed E-state index contributed by atoms with van der Waals surface area (Å²) in [5.74, 6) is -1.49. The van der Waals surface area contributed by atoms with Gasteiger partial charge in [-0.3, -0.25) is 23.4 Å². The molecule has 11 nitrogen and oxygen atoms in total. The Bertz CT molecular complexity index is 1750. The van der Waals surface area contributed by atoms with Crippen molar-refractivity contribution < 1.29 is 52.2 Å². The van der Waals surface area contributed by atoms with Crippen LogP contribution >= 0.6 is 7.82 Å². The maximum Gasteiger partial charge on any atom is 0.472 e. The molecule has 82 heavy (non-hydrogen) atoms. The summed E-state index contributed by atoms with van der Waals surface area (Å²) in [6, 6.07) is 0. The Hall–Kier alpha value is -3.60. The number of aliphatic hydroxyl groups is 1. The Morgan fingerprint density at radius 1 is 0.354 bits per heavy atom. The van der Waals surface area contributed by atoms with Gasteiger partial charge in [-0.25, -0.2) is 4.57 Å². The highest BCUT2D eigenvalue weighted by Crippen LogP contribution is 2.43. The predicted octanol–water partition coefficient (Wildman–Crippen LogP) is 20.4. The Balaban J connectivity index is 4.72. The number of rotatable bonds is 61. The van der Waals surface area contributed by atoms with Crippen molar-refractivity contribution in [3.8, 4) is 0 Å². The van der Waals surface area contributed by atoms with Gasteiger partial charge in [0, 0.05) is 19.3 Å². The molecule has 0 fully saturated rings. The second-order valence-corrected chi connectivity index (χ2v) is 23.3. The van der Waals surface area contributed by atoms with Gasteiger partial charge in [-0.2, -0.15) is 0 Å². The van der Waals surface area contributed by atoms with E-state index in [1.165, 1.54) is 96.3 Å². The van der Waals surface area contributed by atoms with Crippen molar-refractivity contribution in [2.45, 2.75) is 303 Å². The normalized spacial score (nSPS) is 13.9. The Morgan fingerprint density at radius 2 is 0.634 bits per heavy atom. The van der Waals surface area contributed by atoms with Crippen molar-refractivity contribution in [3.63, 3.8) is 0 Å². The number of ether oxygens (including phenoxy) is 3. The highest BCUT2D eigenvalue weighted by molar-refractivity contribution is 7.47. The van der Waals surface area contributed by atoms with Gasteiger partial charge in [0.05, 0.1) is 19.8 Å². The first kappa shape index (κ1) is 78.4. The molecule has 0 rings (SSSR count). The van der Waals surface area contributed by atoms with E-state index >= 15 is 0 Å². The van der Waals surface area contributed by atoms with E-state index in [0.29, 0.717) is 19.3 Å². The van der Waals surface area contributed by atoms with Crippen LogP contribution in [0.1, 0.15) is 290 Å². The number of phosphoric acid groups is 1. The average molecular weight is 1170 g/mol. The van der Waals surface area contributed by atoms with Crippen LogP contribution in [0.25, 0.3) is 0 Å². The molecular weight excluding hydrogens is 1050 g/mol. The fourth-order valence-electron chi connectivity index (χ4n) is 8.94. The molecule has 0 radical (unpaired) electrons. The Kier molecular flexibility index (Phi) is 60.6. The summed E-state index contributed by atoms with van der Waals surface area (Å²) in [5, 5.41) is 9.87. The Labute approximate surface area is 502 Å². The lowest BCUT2D eigenvalue weighted by Crippen LogP contribution is -2.30. The van der Waals surface area contributed by atoms with Crippen LogP contribution in [-0.2, 0) is 42.2 Å². The highest BCUT2D eigenvalue weighted by Gasteiger charge is 2.28. The van der Waals surface area contributed by atoms with Gasteiger partial charge in [0.25, 0.3) is 0 Å². The fraction of sp³-hybridized carbons (Fsp3) is 0.729. The van der Waals surface area contributed by atoms with Gasteiger partial charge in [-0.05, 0) is 122 Å². The van der Waals surface area contributed by atoms with Crippen molar-refractivity contribution in [1.29, 1.82) is 0 Å². The van der Waals surface area contributed by atoms with E-state index in [-0.39, 0.29) is 25.9 Å². The first-order chi connectivity index (χ1) is 40.2. The van der Waals surface area contributed by atoms with Crippen LogP contribution in [0.3, 0.4) is 0 Å². The highest BCUT2D eigenvalue weighted by atomic mass is 31.2. The molecule has 472 valence electrons. The average Bonchev–Trinajstić information content (AvgIpc) is 3.47. The standard InChI is InChI=1S/C70H121O11P/c1-4-7-10-13-16-19-22-25-28-31-33-36-39-42-45-48-51-54-57-60-69(73)80-66(62-71)64-78-82(75,76)79-65-67(63-77-68(72)59-56-53-50-47-44-41-38-35-30-27-24-21-18-15-12-9-6-3)81-70(74)61-58-55-52-49-46-43-40-37-34-32-29-26-23-20-17-14-11-8-5-2/h9,12,16-21,25-30,34,37,66-67,71H,4-8,10-11,13-15,22-24,31-33,35-36,38-65H2,1-3H3,(H,75,76)/b12-9-,19-16-,20-17-,21-18-,28-25-,29-26-,30-27-,37-34-. The molecule has 0 heterocycles. The molecule has 0 aromatic rings. The first-order valence-electron chi connectivity index (χ1n) is 33.1. The molecule has 0 spiro atoms. The van der Waals surface area contributed by atoms with Crippen molar-refractivity contribution in [2.75, 3.05) is 26.4 Å². The van der Waals surface area contributed by atoms with Crippen LogP contribution in [-0.4, -0.2) is 66.5 Å². The molecule has 0 amide bonds. The van der Waals surface area contributed by atoms with E-state index in [1.807, 2.05) is 0 Å². The number of phosphoric ester groups is 1. The minimum Gasteiger partial charge on any atom is -0.462 e. The Morgan fingerprint density at radius 3 is 0.976 bits per heavy atom. The number of unbranched alkanes of at least 4 members (excludes halogenated alkanes) is 28. The second kappa shape index (κ2) is 63.4. The molecule has 3 atom stereocenters. The third-order valence-corrected chi connectivity index (χ3v) is 14.9. The van der Waals surface area contributed by atoms with Crippen LogP contribution in [0.15, 0.2) is 97.2 Å². The number of aliphatic hydroxyl groups excluding tert-OH is 1. The summed E-state index contributed by atoms with van der Waals surface area (Å²) in [7, 11) is -4.77. The number of hydrogen-bond acceptors (Lipinski definition) is 10. The topological polar surface area (TPSA) is 155 Å². The van der Waals surface area contributed by atoms with Crippen molar-refractivity contribution in [2.24, 2.45) is 0 Å². The number of esters is 3. The zero-order valence-electron chi connectivity index (χ0n) is 52.4. The molecule has 3 unspecified atom stereocenters.